The molecular formula is C11H20N2OS. The molecule has 3 nitrogen and oxygen atoms in total. The minimum atomic E-state index is -0.772. The van der Waals surface area contributed by atoms with Crippen LogP contribution in [0.1, 0.15) is 35.3 Å². The van der Waals surface area contributed by atoms with Gasteiger partial charge in [-0.1, -0.05) is 13.3 Å². The monoisotopic (exact) mass is 228 g/mol. The van der Waals surface area contributed by atoms with Gasteiger partial charge in [0.1, 0.15) is 0 Å². The number of rotatable bonds is 5. The summed E-state index contributed by atoms with van der Waals surface area (Å²) < 4.78 is 0. The first kappa shape index (κ1) is 12.6. The number of aromatic nitrogens is 1. The van der Waals surface area contributed by atoms with E-state index in [4.69, 9.17) is 5.73 Å². The molecule has 15 heavy (non-hydrogen) atoms. The summed E-state index contributed by atoms with van der Waals surface area (Å²) in [5.41, 5.74) is 5.90. The van der Waals surface area contributed by atoms with Gasteiger partial charge in [0, 0.05) is 17.8 Å². The van der Waals surface area contributed by atoms with Gasteiger partial charge < -0.3 is 10.8 Å². The van der Waals surface area contributed by atoms with Crippen LogP contribution < -0.4 is 5.73 Å². The Hall–Kier alpha value is -0.450. The molecule has 0 saturated carbocycles. The van der Waals surface area contributed by atoms with E-state index in [-0.39, 0.29) is 0 Å². The smallest absolute Gasteiger partial charge is 0.0960 e. The molecule has 0 fully saturated rings. The maximum absolute atomic E-state index is 10.2. The Morgan fingerprint density at radius 1 is 1.47 bits per heavy atom. The van der Waals surface area contributed by atoms with E-state index in [0.29, 0.717) is 13.0 Å². The lowest BCUT2D eigenvalue weighted by molar-refractivity contribution is 0.0398. The Balaban J connectivity index is 2.74. The van der Waals surface area contributed by atoms with Gasteiger partial charge in [-0.25, -0.2) is 4.98 Å². The van der Waals surface area contributed by atoms with Crippen molar-refractivity contribution in [1.29, 1.82) is 0 Å². The number of hydrogen-bond acceptors (Lipinski definition) is 4. The second-order valence-electron chi connectivity index (χ2n) is 4.10. The van der Waals surface area contributed by atoms with E-state index in [1.54, 1.807) is 11.3 Å². The van der Waals surface area contributed by atoms with E-state index in [1.165, 1.54) is 4.88 Å². The maximum Gasteiger partial charge on any atom is 0.0960 e. The first-order valence-corrected chi connectivity index (χ1v) is 6.18. The van der Waals surface area contributed by atoms with Crippen LogP contribution in [0.25, 0.3) is 0 Å². The van der Waals surface area contributed by atoms with Crippen LogP contribution in [0.3, 0.4) is 0 Å². The summed E-state index contributed by atoms with van der Waals surface area (Å²) >= 11 is 1.66. The van der Waals surface area contributed by atoms with Crippen molar-refractivity contribution in [3.63, 3.8) is 0 Å². The lowest BCUT2D eigenvalue weighted by Crippen LogP contribution is -2.39. The summed E-state index contributed by atoms with van der Waals surface area (Å²) in [6.07, 6.45) is 2.26. The van der Waals surface area contributed by atoms with Crippen molar-refractivity contribution in [2.45, 2.75) is 45.6 Å². The van der Waals surface area contributed by atoms with Gasteiger partial charge in [0.2, 0.25) is 0 Å². The van der Waals surface area contributed by atoms with E-state index in [9.17, 15) is 5.11 Å². The molecule has 1 aromatic heterocycles. The minimum absolute atomic E-state index is 0.304. The van der Waals surface area contributed by atoms with Gasteiger partial charge in [0.15, 0.2) is 0 Å². The highest BCUT2D eigenvalue weighted by Gasteiger charge is 2.26. The highest BCUT2D eigenvalue weighted by atomic mass is 32.1. The first-order valence-electron chi connectivity index (χ1n) is 5.36. The molecule has 1 rings (SSSR count). The molecular weight excluding hydrogens is 208 g/mol. The Bertz CT molecular complexity index is 305. The molecule has 0 bridgehead atoms. The van der Waals surface area contributed by atoms with Gasteiger partial charge in [-0.05, 0) is 20.3 Å². The molecule has 1 atom stereocenters. The molecule has 0 aliphatic heterocycles. The van der Waals surface area contributed by atoms with Crippen molar-refractivity contribution in [2.24, 2.45) is 5.73 Å². The van der Waals surface area contributed by atoms with Crippen LogP contribution in [0.2, 0.25) is 0 Å². The zero-order valence-corrected chi connectivity index (χ0v) is 10.5. The summed E-state index contributed by atoms with van der Waals surface area (Å²) in [5.74, 6) is 0. The van der Waals surface area contributed by atoms with Gasteiger partial charge in [0.25, 0.3) is 0 Å². The molecule has 0 spiro atoms. The third-order valence-corrected chi connectivity index (χ3v) is 3.72. The lowest BCUT2D eigenvalue weighted by Gasteiger charge is -2.24. The standard InChI is InChI=1S/C11H20N2OS/c1-4-5-11(14,7-12)6-10-13-8(2)9(3)15-10/h14H,4-7,12H2,1-3H3. The van der Waals surface area contributed by atoms with Gasteiger partial charge >= 0.3 is 0 Å². The first-order chi connectivity index (χ1) is 7.00. The van der Waals surface area contributed by atoms with Crippen molar-refractivity contribution in [2.75, 3.05) is 6.54 Å². The van der Waals surface area contributed by atoms with Crippen molar-refractivity contribution >= 4 is 11.3 Å². The molecule has 3 N–H and O–H groups in total. The molecule has 0 aliphatic rings. The van der Waals surface area contributed by atoms with E-state index in [2.05, 4.69) is 18.8 Å². The largest absolute Gasteiger partial charge is 0.388 e. The fourth-order valence-corrected chi connectivity index (χ4v) is 2.69. The van der Waals surface area contributed by atoms with E-state index >= 15 is 0 Å². The van der Waals surface area contributed by atoms with Gasteiger partial charge in [-0.15, -0.1) is 11.3 Å². The van der Waals surface area contributed by atoms with Gasteiger partial charge in [-0.2, -0.15) is 0 Å². The number of thiazole rings is 1. The predicted octanol–water partition coefficient (Wildman–Crippen LogP) is 1.79. The lowest BCUT2D eigenvalue weighted by atomic mass is 9.95. The van der Waals surface area contributed by atoms with Crippen LogP contribution in [0.4, 0.5) is 0 Å². The zero-order valence-electron chi connectivity index (χ0n) is 9.71. The van der Waals surface area contributed by atoms with Gasteiger partial charge in [0.05, 0.1) is 16.3 Å². The molecule has 1 aromatic rings. The molecule has 0 amide bonds. The molecule has 4 heteroatoms. The average Bonchev–Trinajstić information content (AvgIpc) is 2.46. The predicted molar refractivity (Wildman–Crippen MR) is 64.2 cm³/mol. The molecule has 0 aliphatic carbocycles. The molecule has 0 aromatic carbocycles. The van der Waals surface area contributed by atoms with E-state index in [1.807, 2.05) is 6.92 Å². The van der Waals surface area contributed by atoms with Crippen LogP contribution in [0.15, 0.2) is 0 Å². The number of nitrogens with two attached hydrogens (primary N) is 1. The maximum atomic E-state index is 10.2. The SMILES string of the molecule is CCCC(O)(CN)Cc1nc(C)c(C)s1. The molecule has 1 heterocycles. The highest BCUT2D eigenvalue weighted by Crippen LogP contribution is 2.23. The van der Waals surface area contributed by atoms with Crippen LogP contribution in [-0.2, 0) is 6.42 Å². The van der Waals surface area contributed by atoms with Crippen LogP contribution in [0.5, 0.6) is 0 Å². The van der Waals surface area contributed by atoms with Crippen molar-refractivity contribution < 1.29 is 5.11 Å². The second-order valence-corrected chi connectivity index (χ2v) is 5.39. The normalized spacial score (nSPS) is 15.3. The molecule has 1 unspecified atom stereocenters. The second kappa shape index (κ2) is 5.05. The van der Waals surface area contributed by atoms with E-state index < -0.39 is 5.60 Å². The fourth-order valence-electron chi connectivity index (χ4n) is 1.62. The minimum Gasteiger partial charge on any atom is -0.388 e. The van der Waals surface area contributed by atoms with Crippen molar-refractivity contribution in [1.82, 2.24) is 4.98 Å². The number of aryl methyl sites for hydroxylation is 2. The third kappa shape index (κ3) is 3.26. The third-order valence-electron chi connectivity index (χ3n) is 2.65. The molecule has 0 radical (unpaired) electrons. The summed E-state index contributed by atoms with van der Waals surface area (Å²) in [6.45, 7) is 6.41. The number of nitrogens with zero attached hydrogens (tertiary/aromatic N) is 1. The topological polar surface area (TPSA) is 59.1 Å². The molecule has 86 valence electrons. The molecule has 0 saturated heterocycles. The van der Waals surface area contributed by atoms with Gasteiger partial charge in [-0.3, -0.25) is 0 Å². The summed E-state index contributed by atoms with van der Waals surface area (Å²) in [7, 11) is 0. The quantitative estimate of drug-likeness (QED) is 0.808. The Labute approximate surface area is 95.3 Å². The summed E-state index contributed by atoms with van der Waals surface area (Å²) in [6, 6.07) is 0. The van der Waals surface area contributed by atoms with Crippen LogP contribution >= 0.6 is 11.3 Å². The van der Waals surface area contributed by atoms with Crippen LogP contribution in [0, 0.1) is 13.8 Å². The fraction of sp³-hybridized carbons (Fsp3) is 0.727. The number of aliphatic hydroxyl groups is 1. The zero-order chi connectivity index (χ0) is 11.5. The summed E-state index contributed by atoms with van der Waals surface area (Å²) in [5, 5.41) is 11.2. The van der Waals surface area contributed by atoms with Crippen molar-refractivity contribution in [3.8, 4) is 0 Å². The summed E-state index contributed by atoms with van der Waals surface area (Å²) in [4.78, 5) is 5.65. The van der Waals surface area contributed by atoms with E-state index in [0.717, 1.165) is 23.5 Å². The Morgan fingerprint density at radius 3 is 2.53 bits per heavy atom. The highest BCUT2D eigenvalue weighted by molar-refractivity contribution is 7.11. The number of hydrogen-bond donors (Lipinski definition) is 2. The average molecular weight is 228 g/mol. The Morgan fingerprint density at radius 2 is 2.13 bits per heavy atom. The van der Waals surface area contributed by atoms with Crippen molar-refractivity contribution in [3.05, 3.63) is 15.6 Å². The Kier molecular flexibility index (Phi) is 4.25. The van der Waals surface area contributed by atoms with Crippen LogP contribution in [-0.4, -0.2) is 22.2 Å².